The van der Waals surface area contributed by atoms with E-state index < -0.39 is 5.97 Å². The average Bonchev–Trinajstić information content (AvgIpc) is 2.74. The Kier molecular flexibility index (Phi) is 3.29. The maximum Gasteiger partial charge on any atom is 0.358 e. The topological polar surface area (TPSA) is 72.6 Å². The number of carboxylic acid groups (broad SMARTS) is 1. The van der Waals surface area contributed by atoms with Gasteiger partial charge in [-0.1, -0.05) is 0 Å². The van der Waals surface area contributed by atoms with Crippen molar-refractivity contribution in [3.8, 4) is 17.2 Å². The Bertz CT molecular complexity index is 643. The molecule has 2 aromatic rings. The lowest BCUT2D eigenvalue weighted by Crippen LogP contribution is -1.98. The third kappa shape index (κ3) is 2.31. The summed E-state index contributed by atoms with van der Waals surface area (Å²) in [7, 11) is 1.56. The lowest BCUT2D eigenvalue weighted by Gasteiger charge is -2.09. The van der Waals surface area contributed by atoms with Gasteiger partial charge in [-0.3, -0.25) is 0 Å². The van der Waals surface area contributed by atoms with E-state index in [4.69, 9.17) is 14.3 Å². The Labute approximate surface area is 110 Å². The van der Waals surface area contributed by atoms with Crippen molar-refractivity contribution in [1.29, 1.82) is 0 Å². The predicted octanol–water partition coefficient (Wildman–Crippen LogP) is 2.97. The number of benzene rings is 1. The normalized spacial score (nSPS) is 10.5. The van der Waals surface area contributed by atoms with E-state index in [-0.39, 0.29) is 17.3 Å². The van der Waals surface area contributed by atoms with Crippen LogP contribution in [0.1, 0.15) is 27.4 Å². The van der Waals surface area contributed by atoms with Gasteiger partial charge in [0.1, 0.15) is 11.5 Å². The molecule has 1 aromatic carbocycles. The van der Waals surface area contributed by atoms with Gasteiger partial charge in [0.2, 0.25) is 5.89 Å². The van der Waals surface area contributed by atoms with Gasteiger partial charge in [0.25, 0.3) is 0 Å². The first-order chi connectivity index (χ1) is 8.93. The molecule has 0 saturated carbocycles. The van der Waals surface area contributed by atoms with Gasteiger partial charge < -0.3 is 14.3 Å². The van der Waals surface area contributed by atoms with Crippen molar-refractivity contribution in [3.63, 3.8) is 0 Å². The van der Waals surface area contributed by atoms with Gasteiger partial charge >= 0.3 is 5.97 Å². The van der Waals surface area contributed by atoms with Crippen LogP contribution in [0, 0.1) is 20.8 Å². The molecule has 100 valence electrons. The summed E-state index contributed by atoms with van der Waals surface area (Å²) in [6.45, 7) is 5.52. The lowest BCUT2D eigenvalue weighted by molar-refractivity contribution is 0.0689. The number of aromatic nitrogens is 1. The first-order valence-electron chi connectivity index (χ1n) is 5.80. The zero-order valence-corrected chi connectivity index (χ0v) is 11.3. The van der Waals surface area contributed by atoms with Crippen LogP contribution >= 0.6 is 0 Å². The Hall–Kier alpha value is -2.30. The average molecular weight is 261 g/mol. The number of rotatable bonds is 3. The predicted molar refractivity (Wildman–Crippen MR) is 69.7 cm³/mol. The second kappa shape index (κ2) is 4.76. The monoisotopic (exact) mass is 261 g/mol. The van der Waals surface area contributed by atoms with Crippen LogP contribution in [-0.2, 0) is 0 Å². The van der Waals surface area contributed by atoms with Crippen molar-refractivity contribution >= 4 is 5.97 Å². The van der Waals surface area contributed by atoms with Crippen molar-refractivity contribution in [2.75, 3.05) is 7.11 Å². The summed E-state index contributed by atoms with van der Waals surface area (Å²) in [5.41, 5.74) is 2.72. The first kappa shape index (κ1) is 13.1. The first-order valence-corrected chi connectivity index (χ1v) is 5.80. The van der Waals surface area contributed by atoms with Crippen LogP contribution < -0.4 is 4.74 Å². The molecule has 1 heterocycles. The highest BCUT2D eigenvalue weighted by Gasteiger charge is 2.19. The van der Waals surface area contributed by atoms with Gasteiger partial charge in [-0.2, -0.15) is 0 Å². The number of methoxy groups -OCH3 is 1. The second-order valence-electron chi connectivity index (χ2n) is 4.37. The molecule has 5 heteroatoms. The molecule has 0 spiro atoms. The number of ether oxygens (including phenoxy) is 1. The molecule has 0 atom stereocenters. The molecule has 0 fully saturated rings. The molecule has 0 aliphatic rings. The number of aromatic carboxylic acids is 1. The van der Waals surface area contributed by atoms with Crippen LogP contribution in [-0.4, -0.2) is 23.2 Å². The van der Waals surface area contributed by atoms with E-state index in [0.29, 0.717) is 11.3 Å². The Morgan fingerprint density at radius 3 is 2.42 bits per heavy atom. The van der Waals surface area contributed by atoms with E-state index in [1.54, 1.807) is 14.0 Å². The van der Waals surface area contributed by atoms with Crippen LogP contribution in [0.3, 0.4) is 0 Å². The molecule has 19 heavy (non-hydrogen) atoms. The highest BCUT2D eigenvalue weighted by Crippen LogP contribution is 2.33. The summed E-state index contributed by atoms with van der Waals surface area (Å²) in [6.07, 6.45) is 0. The second-order valence-corrected chi connectivity index (χ2v) is 4.37. The number of aryl methyl sites for hydroxylation is 3. The van der Waals surface area contributed by atoms with E-state index in [1.807, 2.05) is 26.0 Å². The highest BCUT2D eigenvalue weighted by molar-refractivity contribution is 5.87. The smallest absolute Gasteiger partial charge is 0.358 e. The number of oxazole rings is 1. The van der Waals surface area contributed by atoms with Crippen LogP contribution in [0.5, 0.6) is 5.75 Å². The molecule has 5 nitrogen and oxygen atoms in total. The van der Waals surface area contributed by atoms with Crippen LogP contribution in [0.2, 0.25) is 0 Å². The molecule has 0 amide bonds. The van der Waals surface area contributed by atoms with Crippen molar-refractivity contribution in [3.05, 3.63) is 34.7 Å². The Morgan fingerprint density at radius 2 is 1.89 bits per heavy atom. The minimum atomic E-state index is -1.10. The largest absolute Gasteiger partial charge is 0.496 e. The van der Waals surface area contributed by atoms with Gasteiger partial charge in [-0.25, -0.2) is 9.78 Å². The van der Waals surface area contributed by atoms with E-state index in [0.717, 1.165) is 11.1 Å². The SMILES string of the molecule is COc1cc(C)c(C)cc1-c1nc(C(=O)O)c(C)o1. The summed E-state index contributed by atoms with van der Waals surface area (Å²) >= 11 is 0. The Morgan fingerprint density at radius 1 is 1.26 bits per heavy atom. The van der Waals surface area contributed by atoms with E-state index >= 15 is 0 Å². The van der Waals surface area contributed by atoms with Crippen molar-refractivity contribution < 1.29 is 19.1 Å². The van der Waals surface area contributed by atoms with Gasteiger partial charge in [-0.15, -0.1) is 0 Å². The van der Waals surface area contributed by atoms with E-state index in [1.165, 1.54) is 0 Å². The molecule has 0 saturated heterocycles. The van der Waals surface area contributed by atoms with Gasteiger partial charge in [0.05, 0.1) is 12.7 Å². The fourth-order valence-corrected chi connectivity index (χ4v) is 1.84. The standard InChI is InChI=1S/C14H15NO4/c1-7-5-10(11(18-4)6-8(7)2)13-15-12(14(16)17)9(3)19-13/h5-6H,1-4H3,(H,16,17). The maximum absolute atomic E-state index is 11.0. The summed E-state index contributed by atoms with van der Waals surface area (Å²) < 4.78 is 10.7. The minimum absolute atomic E-state index is 0.0738. The molecule has 0 unspecified atom stereocenters. The van der Waals surface area contributed by atoms with Gasteiger partial charge in [0, 0.05) is 0 Å². The number of hydrogen-bond donors (Lipinski definition) is 1. The number of carbonyl (C=O) groups is 1. The van der Waals surface area contributed by atoms with Crippen molar-refractivity contribution in [2.24, 2.45) is 0 Å². The molecule has 1 N–H and O–H groups in total. The summed E-state index contributed by atoms with van der Waals surface area (Å²) in [5, 5.41) is 9.00. The Balaban J connectivity index is 2.61. The third-order valence-corrected chi connectivity index (χ3v) is 3.05. The van der Waals surface area contributed by atoms with E-state index in [9.17, 15) is 4.79 Å². The van der Waals surface area contributed by atoms with Crippen LogP contribution in [0.15, 0.2) is 16.5 Å². The molecule has 0 aliphatic heterocycles. The van der Waals surface area contributed by atoms with Crippen LogP contribution in [0.25, 0.3) is 11.5 Å². The summed E-state index contributed by atoms with van der Waals surface area (Å²) in [4.78, 5) is 15.0. The molecule has 1 aromatic heterocycles. The molecule has 0 bridgehead atoms. The minimum Gasteiger partial charge on any atom is -0.496 e. The fraction of sp³-hybridized carbons (Fsp3) is 0.286. The van der Waals surface area contributed by atoms with Crippen molar-refractivity contribution in [1.82, 2.24) is 4.98 Å². The van der Waals surface area contributed by atoms with Crippen molar-refractivity contribution in [2.45, 2.75) is 20.8 Å². The molecule has 2 rings (SSSR count). The van der Waals surface area contributed by atoms with Gasteiger partial charge in [0.15, 0.2) is 5.69 Å². The molecular formula is C14H15NO4. The zero-order valence-electron chi connectivity index (χ0n) is 11.3. The molecule has 0 aliphatic carbocycles. The number of carboxylic acids is 1. The lowest BCUT2D eigenvalue weighted by atomic mass is 10.1. The fourth-order valence-electron chi connectivity index (χ4n) is 1.84. The summed E-state index contributed by atoms with van der Waals surface area (Å²) in [6, 6.07) is 3.76. The van der Waals surface area contributed by atoms with E-state index in [2.05, 4.69) is 4.98 Å². The summed E-state index contributed by atoms with van der Waals surface area (Å²) in [5.74, 6) is 0.0502. The molecular weight excluding hydrogens is 246 g/mol. The number of hydrogen-bond acceptors (Lipinski definition) is 4. The maximum atomic E-state index is 11.0. The van der Waals surface area contributed by atoms with Crippen LogP contribution in [0.4, 0.5) is 0 Å². The third-order valence-electron chi connectivity index (χ3n) is 3.05. The van der Waals surface area contributed by atoms with Gasteiger partial charge in [-0.05, 0) is 44.0 Å². The zero-order chi connectivity index (χ0) is 14.2. The number of nitrogens with zero attached hydrogens (tertiary/aromatic N) is 1. The molecule has 0 radical (unpaired) electrons. The highest BCUT2D eigenvalue weighted by atomic mass is 16.5. The quantitative estimate of drug-likeness (QED) is 0.919.